The average Bonchev–Trinajstić information content (AvgIpc) is 2.65. The zero-order chi connectivity index (χ0) is 10.8. The second-order valence-corrected chi connectivity index (χ2v) is 4.56. The van der Waals surface area contributed by atoms with Crippen molar-refractivity contribution in [1.29, 1.82) is 0 Å². The summed E-state index contributed by atoms with van der Waals surface area (Å²) in [5, 5.41) is 12.1. The van der Waals surface area contributed by atoms with Crippen LogP contribution in [0.2, 0.25) is 0 Å². The fourth-order valence-corrected chi connectivity index (χ4v) is 2.30. The van der Waals surface area contributed by atoms with Gasteiger partial charge in [-0.25, -0.2) is 0 Å². The van der Waals surface area contributed by atoms with Crippen LogP contribution in [0, 0.1) is 5.92 Å². The first-order valence-electron chi connectivity index (χ1n) is 4.72. The number of hydrogen-bond donors (Lipinski definition) is 2. The van der Waals surface area contributed by atoms with Crippen molar-refractivity contribution in [2.75, 3.05) is 13.1 Å². The number of rotatable bonds is 2. The molecule has 2 rings (SSSR count). The van der Waals surface area contributed by atoms with Crippen LogP contribution in [-0.2, 0) is 4.79 Å². The molecule has 0 radical (unpaired) electrons. The number of aliphatic carboxylic acids is 1. The molecule has 0 aromatic carbocycles. The quantitative estimate of drug-likeness (QED) is 0.849. The third kappa shape index (κ3) is 2.18. The normalized spacial score (nSPS) is 25.4. The van der Waals surface area contributed by atoms with Gasteiger partial charge < -0.3 is 10.4 Å². The number of nitrogens with zero attached hydrogens (tertiary/aromatic N) is 1. The summed E-state index contributed by atoms with van der Waals surface area (Å²) >= 11 is 3.34. The Morgan fingerprint density at radius 1 is 1.53 bits per heavy atom. The second-order valence-electron chi connectivity index (χ2n) is 3.65. The molecule has 1 aliphatic rings. The van der Waals surface area contributed by atoms with E-state index in [9.17, 15) is 4.79 Å². The molecule has 0 aliphatic carbocycles. The van der Waals surface area contributed by atoms with Crippen LogP contribution in [0.4, 0.5) is 0 Å². The minimum Gasteiger partial charge on any atom is -0.481 e. The molecule has 2 heterocycles. The monoisotopic (exact) mass is 270 g/mol. The van der Waals surface area contributed by atoms with E-state index in [0.717, 1.165) is 10.0 Å². The molecule has 4 nitrogen and oxygen atoms in total. The molecule has 15 heavy (non-hydrogen) atoms. The number of carboxylic acids is 1. The Hall–Kier alpha value is -0.940. The van der Waals surface area contributed by atoms with Crippen molar-refractivity contribution in [3.63, 3.8) is 0 Å². The molecule has 1 aliphatic heterocycles. The van der Waals surface area contributed by atoms with Gasteiger partial charge in [-0.3, -0.25) is 9.78 Å². The molecule has 0 saturated carbocycles. The van der Waals surface area contributed by atoms with E-state index in [2.05, 4.69) is 26.2 Å². The van der Waals surface area contributed by atoms with Gasteiger partial charge >= 0.3 is 5.97 Å². The molecule has 2 unspecified atom stereocenters. The number of hydrogen-bond acceptors (Lipinski definition) is 3. The fraction of sp³-hybridized carbons (Fsp3) is 0.400. The van der Waals surface area contributed by atoms with Crippen LogP contribution >= 0.6 is 15.9 Å². The molecule has 2 N–H and O–H groups in total. The number of halogens is 1. The van der Waals surface area contributed by atoms with Crippen LogP contribution in [0.5, 0.6) is 0 Å². The minimum absolute atomic E-state index is 0.0208. The second kappa shape index (κ2) is 4.28. The van der Waals surface area contributed by atoms with Gasteiger partial charge in [-0.15, -0.1) is 0 Å². The maximum absolute atomic E-state index is 11.0. The smallest absolute Gasteiger partial charge is 0.308 e. The van der Waals surface area contributed by atoms with Crippen LogP contribution in [0.3, 0.4) is 0 Å². The van der Waals surface area contributed by atoms with E-state index in [-0.39, 0.29) is 11.8 Å². The van der Waals surface area contributed by atoms with Crippen molar-refractivity contribution in [3.05, 3.63) is 28.5 Å². The van der Waals surface area contributed by atoms with Crippen molar-refractivity contribution >= 4 is 21.9 Å². The molecule has 0 spiro atoms. The Morgan fingerprint density at radius 3 is 3.00 bits per heavy atom. The van der Waals surface area contributed by atoms with Crippen molar-refractivity contribution < 1.29 is 9.90 Å². The molecule has 5 heteroatoms. The van der Waals surface area contributed by atoms with E-state index in [4.69, 9.17) is 5.11 Å². The summed E-state index contributed by atoms with van der Waals surface area (Å²) in [6.45, 7) is 1.24. The summed E-state index contributed by atoms with van der Waals surface area (Å²) in [6, 6.07) is 1.93. The highest BCUT2D eigenvalue weighted by Gasteiger charge is 2.33. The summed E-state index contributed by atoms with van der Waals surface area (Å²) in [7, 11) is 0. The van der Waals surface area contributed by atoms with Gasteiger partial charge in [0.2, 0.25) is 0 Å². The maximum Gasteiger partial charge on any atom is 0.308 e. The van der Waals surface area contributed by atoms with E-state index in [1.807, 2.05) is 6.07 Å². The zero-order valence-electron chi connectivity index (χ0n) is 7.98. The fourth-order valence-electron chi connectivity index (χ4n) is 1.92. The molecule has 1 fully saturated rings. The lowest BCUT2D eigenvalue weighted by Gasteiger charge is -2.14. The lowest BCUT2D eigenvalue weighted by molar-refractivity contribution is -0.141. The Labute approximate surface area is 95.8 Å². The molecule has 80 valence electrons. The van der Waals surface area contributed by atoms with Crippen molar-refractivity contribution in [2.24, 2.45) is 5.92 Å². The first kappa shape index (κ1) is 10.6. The van der Waals surface area contributed by atoms with Gasteiger partial charge in [0.15, 0.2) is 0 Å². The van der Waals surface area contributed by atoms with Gasteiger partial charge in [0.25, 0.3) is 0 Å². The zero-order valence-corrected chi connectivity index (χ0v) is 9.57. The summed E-state index contributed by atoms with van der Waals surface area (Å²) in [5.74, 6) is -1.07. The first-order chi connectivity index (χ1) is 7.18. The van der Waals surface area contributed by atoms with E-state index in [1.165, 1.54) is 0 Å². The lowest BCUT2D eigenvalue weighted by atomic mass is 9.90. The van der Waals surface area contributed by atoms with Crippen LogP contribution in [-0.4, -0.2) is 29.1 Å². The lowest BCUT2D eigenvalue weighted by Crippen LogP contribution is -2.21. The van der Waals surface area contributed by atoms with E-state index < -0.39 is 5.97 Å². The third-order valence-electron chi connectivity index (χ3n) is 2.69. The molecule has 2 atom stereocenters. The number of pyridine rings is 1. The molecule has 1 aromatic rings. The Bertz CT molecular complexity index is 383. The van der Waals surface area contributed by atoms with Gasteiger partial charge in [0.05, 0.1) is 5.92 Å². The van der Waals surface area contributed by atoms with Crippen LogP contribution in [0.15, 0.2) is 22.9 Å². The topological polar surface area (TPSA) is 62.2 Å². The van der Waals surface area contributed by atoms with Gasteiger partial charge in [-0.1, -0.05) is 0 Å². The standard InChI is InChI=1S/C10H11BrN2O2/c11-7-1-6(2-12-3-7)8-4-13-5-9(8)10(14)15/h1-3,8-9,13H,4-5H2,(H,14,15). The third-order valence-corrected chi connectivity index (χ3v) is 3.12. The van der Waals surface area contributed by atoms with Crippen LogP contribution < -0.4 is 5.32 Å². The molecule has 0 amide bonds. The van der Waals surface area contributed by atoms with Gasteiger partial charge in [-0.05, 0) is 27.6 Å². The number of carboxylic acid groups (broad SMARTS) is 1. The molecular weight excluding hydrogens is 260 g/mol. The highest BCUT2D eigenvalue weighted by molar-refractivity contribution is 9.10. The van der Waals surface area contributed by atoms with Crippen LogP contribution in [0.25, 0.3) is 0 Å². The highest BCUT2D eigenvalue weighted by Crippen LogP contribution is 2.29. The Morgan fingerprint density at radius 2 is 2.33 bits per heavy atom. The predicted octanol–water partition coefficient (Wildman–Crippen LogP) is 1.23. The number of carbonyl (C=O) groups is 1. The molecule has 1 saturated heterocycles. The molecule has 0 bridgehead atoms. The predicted molar refractivity (Wildman–Crippen MR) is 58.7 cm³/mol. The van der Waals surface area contributed by atoms with E-state index >= 15 is 0 Å². The summed E-state index contributed by atoms with van der Waals surface area (Å²) in [6.07, 6.45) is 3.43. The van der Waals surface area contributed by atoms with Crippen molar-refractivity contribution in [3.8, 4) is 0 Å². The molecule has 1 aromatic heterocycles. The number of nitrogens with one attached hydrogen (secondary N) is 1. The number of aromatic nitrogens is 1. The largest absolute Gasteiger partial charge is 0.481 e. The summed E-state index contributed by atoms with van der Waals surface area (Å²) in [5.41, 5.74) is 0.974. The highest BCUT2D eigenvalue weighted by atomic mass is 79.9. The van der Waals surface area contributed by atoms with E-state index in [1.54, 1.807) is 12.4 Å². The summed E-state index contributed by atoms with van der Waals surface area (Å²) in [4.78, 5) is 15.1. The van der Waals surface area contributed by atoms with Crippen molar-refractivity contribution in [2.45, 2.75) is 5.92 Å². The minimum atomic E-state index is -0.745. The Balaban J connectivity index is 2.26. The van der Waals surface area contributed by atoms with Crippen LogP contribution in [0.1, 0.15) is 11.5 Å². The van der Waals surface area contributed by atoms with Gasteiger partial charge in [0, 0.05) is 35.9 Å². The molecular formula is C10H11BrN2O2. The maximum atomic E-state index is 11.0. The first-order valence-corrected chi connectivity index (χ1v) is 5.52. The summed E-state index contributed by atoms with van der Waals surface area (Å²) < 4.78 is 0.885. The van der Waals surface area contributed by atoms with Gasteiger partial charge in [0.1, 0.15) is 0 Å². The van der Waals surface area contributed by atoms with Gasteiger partial charge in [-0.2, -0.15) is 0 Å². The SMILES string of the molecule is O=C(O)C1CNCC1c1cncc(Br)c1. The van der Waals surface area contributed by atoms with E-state index in [0.29, 0.717) is 13.1 Å². The van der Waals surface area contributed by atoms with Crippen molar-refractivity contribution in [1.82, 2.24) is 10.3 Å². The average molecular weight is 271 g/mol. The Kier molecular flexibility index (Phi) is 3.02.